The van der Waals surface area contributed by atoms with Crippen molar-refractivity contribution in [2.24, 2.45) is 0 Å². The molecule has 0 aliphatic carbocycles. The summed E-state index contributed by atoms with van der Waals surface area (Å²) in [4.78, 5) is 12.5. The van der Waals surface area contributed by atoms with Crippen LogP contribution in [0.2, 0.25) is 0 Å². The minimum absolute atomic E-state index is 0.0750. The van der Waals surface area contributed by atoms with E-state index < -0.39 is 12.1 Å². The first-order valence-corrected chi connectivity index (χ1v) is 28.6. The molecule has 3 N–H and O–H groups in total. The van der Waals surface area contributed by atoms with Crippen LogP contribution in [-0.2, 0) is 4.79 Å². The van der Waals surface area contributed by atoms with E-state index in [1.54, 1.807) is 6.08 Å². The smallest absolute Gasteiger partial charge is 0.220 e. The highest BCUT2D eigenvalue weighted by Gasteiger charge is 2.18. The van der Waals surface area contributed by atoms with E-state index in [-0.39, 0.29) is 12.5 Å². The Morgan fingerprint density at radius 1 is 0.373 bits per heavy atom. The van der Waals surface area contributed by atoms with Crippen LogP contribution in [0.1, 0.15) is 264 Å². The van der Waals surface area contributed by atoms with E-state index in [0.29, 0.717) is 6.42 Å². The lowest BCUT2D eigenvalue weighted by molar-refractivity contribution is -0.123. The van der Waals surface area contributed by atoms with Crippen molar-refractivity contribution >= 4 is 5.91 Å². The van der Waals surface area contributed by atoms with Crippen molar-refractivity contribution in [2.45, 2.75) is 276 Å². The first kappa shape index (κ1) is 64.0. The number of aliphatic hydroxyl groups excluding tert-OH is 2. The molecule has 0 aromatic rings. The zero-order chi connectivity index (χ0) is 48.5. The van der Waals surface area contributed by atoms with Gasteiger partial charge in [-0.15, -0.1) is 0 Å². The fraction of sp³-hybridized carbons (Fsp3) is 0.698. The van der Waals surface area contributed by atoms with Crippen molar-refractivity contribution in [3.63, 3.8) is 0 Å². The lowest BCUT2D eigenvalue weighted by Gasteiger charge is -2.20. The summed E-state index contributed by atoms with van der Waals surface area (Å²) in [7, 11) is 0. The van der Waals surface area contributed by atoms with Crippen molar-refractivity contribution in [3.05, 3.63) is 109 Å². The van der Waals surface area contributed by atoms with Gasteiger partial charge in [-0.1, -0.05) is 284 Å². The molecule has 4 nitrogen and oxygen atoms in total. The van der Waals surface area contributed by atoms with Gasteiger partial charge in [0.2, 0.25) is 5.91 Å². The summed E-state index contributed by atoms with van der Waals surface area (Å²) < 4.78 is 0. The largest absolute Gasteiger partial charge is 0.394 e. The molecule has 4 heteroatoms. The Morgan fingerprint density at radius 3 is 0.985 bits per heavy atom. The third-order valence-electron chi connectivity index (χ3n) is 12.5. The van der Waals surface area contributed by atoms with Crippen molar-refractivity contribution in [2.75, 3.05) is 6.61 Å². The third-order valence-corrected chi connectivity index (χ3v) is 12.5. The topological polar surface area (TPSA) is 69.6 Å². The molecule has 1 amide bonds. The summed E-state index contributed by atoms with van der Waals surface area (Å²) in [6.45, 7) is 4.20. The fourth-order valence-corrected chi connectivity index (χ4v) is 8.20. The number of hydrogen-bond donors (Lipinski definition) is 3. The molecule has 0 radical (unpaired) electrons. The van der Waals surface area contributed by atoms with Crippen LogP contribution < -0.4 is 5.32 Å². The summed E-state index contributed by atoms with van der Waals surface area (Å²) >= 11 is 0. The second kappa shape index (κ2) is 57.4. The molecular weight excluding hydrogens is 819 g/mol. The minimum Gasteiger partial charge on any atom is -0.394 e. The first-order chi connectivity index (χ1) is 33.2. The number of unbranched alkanes of at least 4 members (excludes halogenated alkanes) is 28. The van der Waals surface area contributed by atoms with Crippen LogP contribution in [0.15, 0.2) is 109 Å². The average molecular weight is 929 g/mol. The van der Waals surface area contributed by atoms with Gasteiger partial charge in [-0.3, -0.25) is 4.79 Å². The lowest BCUT2D eigenvalue weighted by atomic mass is 10.0. The van der Waals surface area contributed by atoms with Crippen molar-refractivity contribution in [1.82, 2.24) is 5.32 Å². The quantitative estimate of drug-likeness (QED) is 0.0420. The second-order valence-corrected chi connectivity index (χ2v) is 19.0. The summed E-state index contributed by atoms with van der Waals surface area (Å²) in [5, 5.41) is 23.2. The van der Waals surface area contributed by atoms with Crippen LogP contribution in [-0.4, -0.2) is 34.9 Å². The monoisotopic (exact) mass is 928 g/mol. The van der Waals surface area contributed by atoms with Crippen molar-refractivity contribution in [1.29, 1.82) is 0 Å². The molecular formula is C63H109NO3. The SMILES string of the molecule is CC/C=C\C/C=C\C/C=C\C/C=C\C/C=C\C/C=C\C/C=C\C/C=C\CCCCCCCCCCC(=O)NC(CO)C(O)/C=C/CCCCCCCCCCCCCCCCCCCCCC. The van der Waals surface area contributed by atoms with E-state index in [2.05, 4.69) is 116 Å². The Labute approximate surface area is 416 Å². The number of nitrogens with one attached hydrogen (secondary N) is 1. The Hall–Kier alpha value is -2.95. The van der Waals surface area contributed by atoms with Gasteiger partial charge in [-0.25, -0.2) is 0 Å². The number of carbonyl (C=O) groups is 1. The Bertz CT molecular complexity index is 1280. The maximum atomic E-state index is 12.5. The summed E-state index contributed by atoms with van der Waals surface area (Å²) in [5.74, 6) is -0.0750. The standard InChI is InChI=1S/C63H109NO3/c1-3-5-7-9-11-13-15-17-19-21-23-25-27-28-29-30-31-32-33-34-35-36-37-39-41-43-45-47-49-51-53-55-57-59-63(67)64-61(60-65)62(66)58-56-54-52-50-48-46-44-42-40-38-26-24-22-20-18-16-14-12-10-8-6-4-2/h5,7,11,13,17,19,23,25,28-29,31-32,34-35,37,39,56,58,61-62,65-66H,3-4,6,8-10,12,14-16,18,20-22,24,26-27,30,33,36,38,40-55,57,59-60H2,1-2H3,(H,64,67)/b7-5-,13-11-,19-17-,25-23-,29-28-,32-31-,35-34-,39-37-,58-56+. The van der Waals surface area contributed by atoms with E-state index in [9.17, 15) is 15.0 Å². The molecule has 0 aliphatic rings. The third kappa shape index (κ3) is 53.9. The zero-order valence-corrected chi connectivity index (χ0v) is 44.1. The predicted octanol–water partition coefficient (Wildman–Crippen LogP) is 19.1. The average Bonchev–Trinajstić information content (AvgIpc) is 3.33. The number of hydrogen-bond acceptors (Lipinski definition) is 3. The highest BCUT2D eigenvalue weighted by Crippen LogP contribution is 2.16. The van der Waals surface area contributed by atoms with Crippen LogP contribution in [0.5, 0.6) is 0 Å². The Morgan fingerprint density at radius 2 is 0.657 bits per heavy atom. The molecule has 0 fully saturated rings. The molecule has 0 aromatic carbocycles. The van der Waals surface area contributed by atoms with E-state index in [1.807, 2.05) is 6.08 Å². The lowest BCUT2D eigenvalue weighted by Crippen LogP contribution is -2.45. The number of amides is 1. The molecule has 0 bridgehead atoms. The number of rotatable bonds is 51. The molecule has 2 unspecified atom stereocenters. The van der Waals surface area contributed by atoms with Crippen LogP contribution in [0, 0.1) is 0 Å². The molecule has 0 saturated heterocycles. The number of carbonyl (C=O) groups excluding carboxylic acids is 1. The van der Waals surface area contributed by atoms with Gasteiger partial charge in [-0.2, -0.15) is 0 Å². The first-order valence-electron chi connectivity index (χ1n) is 28.6. The van der Waals surface area contributed by atoms with E-state index in [0.717, 1.165) is 89.9 Å². The van der Waals surface area contributed by atoms with Crippen molar-refractivity contribution < 1.29 is 15.0 Å². The number of allylic oxidation sites excluding steroid dienone is 17. The van der Waals surface area contributed by atoms with E-state index in [4.69, 9.17) is 0 Å². The highest BCUT2D eigenvalue weighted by atomic mass is 16.3. The van der Waals surface area contributed by atoms with Gasteiger partial charge in [0.25, 0.3) is 0 Å². The van der Waals surface area contributed by atoms with Crippen molar-refractivity contribution in [3.8, 4) is 0 Å². The maximum absolute atomic E-state index is 12.5. The summed E-state index contributed by atoms with van der Waals surface area (Å²) in [5.41, 5.74) is 0. The van der Waals surface area contributed by atoms with Gasteiger partial charge in [0.1, 0.15) is 0 Å². The molecule has 0 rings (SSSR count). The van der Waals surface area contributed by atoms with Gasteiger partial charge in [0.05, 0.1) is 18.8 Å². The molecule has 0 saturated carbocycles. The van der Waals surface area contributed by atoms with E-state index >= 15 is 0 Å². The highest BCUT2D eigenvalue weighted by molar-refractivity contribution is 5.76. The van der Waals surface area contributed by atoms with Crippen LogP contribution in [0.4, 0.5) is 0 Å². The van der Waals surface area contributed by atoms with Gasteiger partial charge >= 0.3 is 0 Å². The van der Waals surface area contributed by atoms with Gasteiger partial charge < -0.3 is 15.5 Å². The number of aliphatic hydroxyl groups is 2. The maximum Gasteiger partial charge on any atom is 0.220 e. The summed E-state index contributed by atoms with van der Waals surface area (Å²) in [6, 6.07) is -0.635. The van der Waals surface area contributed by atoms with Gasteiger partial charge in [0.15, 0.2) is 0 Å². The van der Waals surface area contributed by atoms with Gasteiger partial charge in [-0.05, 0) is 83.5 Å². The summed E-state index contributed by atoms with van der Waals surface area (Å²) in [6.07, 6.45) is 86.7. The molecule has 0 heterocycles. The molecule has 67 heavy (non-hydrogen) atoms. The Balaban J connectivity index is 3.60. The Kier molecular flexibility index (Phi) is 54.8. The molecule has 0 spiro atoms. The second-order valence-electron chi connectivity index (χ2n) is 19.0. The van der Waals surface area contributed by atoms with Crippen LogP contribution >= 0.6 is 0 Å². The molecule has 0 aliphatic heterocycles. The zero-order valence-electron chi connectivity index (χ0n) is 44.1. The fourth-order valence-electron chi connectivity index (χ4n) is 8.20. The molecule has 384 valence electrons. The van der Waals surface area contributed by atoms with Crippen LogP contribution in [0.3, 0.4) is 0 Å². The van der Waals surface area contributed by atoms with Crippen LogP contribution in [0.25, 0.3) is 0 Å². The predicted molar refractivity (Wildman–Crippen MR) is 299 cm³/mol. The normalized spacial score (nSPS) is 13.7. The minimum atomic E-state index is -0.851. The van der Waals surface area contributed by atoms with Gasteiger partial charge in [0, 0.05) is 6.42 Å². The molecule has 2 atom stereocenters. The van der Waals surface area contributed by atoms with E-state index in [1.165, 1.54) is 154 Å². The molecule has 0 aromatic heterocycles.